The zero-order valence-corrected chi connectivity index (χ0v) is 7.83. The van der Waals surface area contributed by atoms with E-state index in [0.29, 0.717) is 11.0 Å². The lowest BCUT2D eigenvalue weighted by Crippen LogP contribution is -2.37. The number of aliphatic carboxylic acids is 1. The number of nitrogens with two attached hydrogens (primary N) is 1. The Hall–Kier alpha value is -1.37. The first-order valence-electron chi connectivity index (χ1n) is 4.52. The van der Waals surface area contributed by atoms with Gasteiger partial charge in [-0.3, -0.25) is 4.79 Å². The fourth-order valence-electron chi connectivity index (χ4n) is 1.69. The van der Waals surface area contributed by atoms with Gasteiger partial charge in [0.1, 0.15) is 6.04 Å². The smallest absolute Gasteiger partial charge is 0.480 e. The van der Waals surface area contributed by atoms with Gasteiger partial charge in [0.05, 0.1) is 6.10 Å². The molecule has 1 aromatic rings. The summed E-state index contributed by atoms with van der Waals surface area (Å²) in [7, 11) is -1.09. The maximum Gasteiger partial charge on any atom is 0.492 e. The molecule has 15 heavy (non-hydrogen) atoms. The minimum absolute atomic E-state index is 0.583. The summed E-state index contributed by atoms with van der Waals surface area (Å²) in [5.41, 5.74) is 6.68. The summed E-state index contributed by atoms with van der Waals surface area (Å²) in [6.45, 7) is 0. The molecular formula is C9H10BNO4. The van der Waals surface area contributed by atoms with Gasteiger partial charge in [-0.1, -0.05) is 24.3 Å². The first-order chi connectivity index (χ1) is 7.11. The zero-order chi connectivity index (χ0) is 11.0. The molecule has 2 atom stereocenters. The molecule has 0 aliphatic carbocycles. The normalized spacial score (nSPS) is 21.2. The standard InChI is InChI=1S/C9H10BNO4/c11-7(9(12)13)8-5-3-1-2-4-6(5)10(14)15-8/h1-4,7-8,14H,11H2,(H,12,13)/t7-,8-/m1/s1. The van der Waals surface area contributed by atoms with Crippen molar-refractivity contribution in [1.82, 2.24) is 0 Å². The van der Waals surface area contributed by atoms with E-state index in [0.717, 1.165) is 0 Å². The lowest BCUT2D eigenvalue weighted by atomic mass is 9.79. The van der Waals surface area contributed by atoms with Crippen molar-refractivity contribution in [3.8, 4) is 0 Å². The van der Waals surface area contributed by atoms with Gasteiger partial charge < -0.3 is 20.5 Å². The Morgan fingerprint density at radius 2 is 2.20 bits per heavy atom. The van der Waals surface area contributed by atoms with Gasteiger partial charge in [0, 0.05) is 0 Å². The highest BCUT2D eigenvalue weighted by Gasteiger charge is 2.40. The van der Waals surface area contributed by atoms with Crippen molar-refractivity contribution in [3.63, 3.8) is 0 Å². The quantitative estimate of drug-likeness (QED) is 0.533. The molecule has 2 rings (SSSR count). The van der Waals surface area contributed by atoms with Crippen LogP contribution in [-0.4, -0.2) is 29.3 Å². The average molecular weight is 207 g/mol. The van der Waals surface area contributed by atoms with Gasteiger partial charge in [-0.25, -0.2) is 0 Å². The van der Waals surface area contributed by atoms with Crippen molar-refractivity contribution in [2.75, 3.05) is 0 Å². The second-order valence-electron chi connectivity index (χ2n) is 3.40. The molecule has 0 amide bonds. The topological polar surface area (TPSA) is 92.8 Å². The molecule has 1 aliphatic rings. The van der Waals surface area contributed by atoms with Crippen LogP contribution in [0.5, 0.6) is 0 Å². The highest BCUT2D eigenvalue weighted by Crippen LogP contribution is 2.25. The van der Waals surface area contributed by atoms with Crippen LogP contribution in [0.1, 0.15) is 11.7 Å². The summed E-state index contributed by atoms with van der Waals surface area (Å²) in [6, 6.07) is 5.73. The number of carbonyl (C=O) groups is 1. The van der Waals surface area contributed by atoms with Gasteiger partial charge in [0.2, 0.25) is 0 Å². The Balaban J connectivity index is 2.36. The van der Waals surface area contributed by atoms with Crippen LogP contribution in [0.3, 0.4) is 0 Å². The number of carboxylic acids is 1. The monoisotopic (exact) mass is 207 g/mol. The molecule has 1 aliphatic heterocycles. The minimum Gasteiger partial charge on any atom is -0.480 e. The summed E-state index contributed by atoms with van der Waals surface area (Å²) < 4.78 is 5.10. The summed E-state index contributed by atoms with van der Waals surface area (Å²) in [4.78, 5) is 10.7. The highest BCUT2D eigenvalue weighted by molar-refractivity contribution is 6.61. The van der Waals surface area contributed by atoms with Crippen LogP contribution in [0.25, 0.3) is 0 Å². The van der Waals surface area contributed by atoms with E-state index in [1.165, 1.54) is 0 Å². The molecule has 1 aromatic carbocycles. The van der Waals surface area contributed by atoms with Gasteiger partial charge in [-0.15, -0.1) is 0 Å². The number of benzene rings is 1. The maximum absolute atomic E-state index is 10.7. The lowest BCUT2D eigenvalue weighted by molar-refractivity contribution is -0.140. The van der Waals surface area contributed by atoms with E-state index < -0.39 is 25.2 Å². The molecule has 0 saturated carbocycles. The largest absolute Gasteiger partial charge is 0.492 e. The van der Waals surface area contributed by atoms with Crippen LogP contribution < -0.4 is 11.2 Å². The third-order valence-electron chi connectivity index (χ3n) is 2.46. The van der Waals surface area contributed by atoms with E-state index in [4.69, 9.17) is 15.5 Å². The maximum atomic E-state index is 10.7. The van der Waals surface area contributed by atoms with Gasteiger partial charge in [-0.05, 0) is 11.0 Å². The molecule has 0 fully saturated rings. The summed E-state index contributed by atoms with van der Waals surface area (Å²) >= 11 is 0. The molecule has 6 heteroatoms. The van der Waals surface area contributed by atoms with Crippen molar-refractivity contribution in [1.29, 1.82) is 0 Å². The second-order valence-corrected chi connectivity index (χ2v) is 3.40. The molecule has 0 unspecified atom stereocenters. The van der Waals surface area contributed by atoms with E-state index in [9.17, 15) is 9.82 Å². The van der Waals surface area contributed by atoms with Gasteiger partial charge in [-0.2, -0.15) is 0 Å². The van der Waals surface area contributed by atoms with Crippen molar-refractivity contribution in [2.45, 2.75) is 12.1 Å². The minimum atomic E-state index is -1.16. The molecule has 0 aromatic heterocycles. The zero-order valence-electron chi connectivity index (χ0n) is 7.83. The number of rotatable bonds is 2. The third-order valence-corrected chi connectivity index (χ3v) is 2.46. The third kappa shape index (κ3) is 1.63. The Bertz CT molecular complexity index is 397. The molecule has 0 spiro atoms. The van der Waals surface area contributed by atoms with Crippen molar-refractivity contribution in [2.24, 2.45) is 5.73 Å². The predicted molar refractivity (Wildman–Crippen MR) is 53.5 cm³/mol. The van der Waals surface area contributed by atoms with Crippen LogP contribution in [0.15, 0.2) is 24.3 Å². The Morgan fingerprint density at radius 3 is 2.87 bits per heavy atom. The van der Waals surface area contributed by atoms with E-state index in [2.05, 4.69) is 0 Å². The average Bonchev–Trinajstić information content (AvgIpc) is 2.56. The first-order valence-corrected chi connectivity index (χ1v) is 4.52. The Labute approximate surface area is 86.6 Å². The Morgan fingerprint density at radius 1 is 1.53 bits per heavy atom. The molecule has 0 saturated heterocycles. The molecule has 4 N–H and O–H groups in total. The van der Waals surface area contributed by atoms with E-state index in [1.807, 2.05) is 0 Å². The summed E-state index contributed by atoms with van der Waals surface area (Å²) in [6.07, 6.45) is -0.784. The molecular weight excluding hydrogens is 197 g/mol. The molecule has 1 heterocycles. The summed E-state index contributed by atoms with van der Waals surface area (Å²) in [5.74, 6) is -1.15. The molecule has 0 radical (unpaired) electrons. The molecule has 78 valence electrons. The van der Waals surface area contributed by atoms with Crippen molar-refractivity contribution >= 4 is 18.6 Å². The van der Waals surface area contributed by atoms with Crippen molar-refractivity contribution in [3.05, 3.63) is 29.8 Å². The van der Waals surface area contributed by atoms with Crippen molar-refractivity contribution < 1.29 is 19.6 Å². The van der Waals surface area contributed by atoms with Gasteiger partial charge in [0.15, 0.2) is 0 Å². The fraction of sp³-hybridized carbons (Fsp3) is 0.222. The Kier molecular flexibility index (Phi) is 2.48. The van der Waals surface area contributed by atoms with Crippen LogP contribution in [0.2, 0.25) is 0 Å². The van der Waals surface area contributed by atoms with Crippen LogP contribution in [-0.2, 0) is 9.45 Å². The van der Waals surface area contributed by atoms with E-state index in [-0.39, 0.29) is 0 Å². The van der Waals surface area contributed by atoms with Gasteiger partial charge in [0.25, 0.3) is 0 Å². The van der Waals surface area contributed by atoms with E-state index in [1.54, 1.807) is 24.3 Å². The number of carboxylic acid groups (broad SMARTS) is 1. The predicted octanol–water partition coefficient (Wildman–Crippen LogP) is -1.14. The molecule has 5 nitrogen and oxygen atoms in total. The first kappa shape index (κ1) is 10.2. The summed E-state index contributed by atoms with van der Waals surface area (Å²) in [5, 5.41) is 18.3. The van der Waals surface area contributed by atoms with Gasteiger partial charge >= 0.3 is 13.1 Å². The number of hydrogen-bond acceptors (Lipinski definition) is 4. The fourth-order valence-corrected chi connectivity index (χ4v) is 1.69. The molecule has 0 bridgehead atoms. The van der Waals surface area contributed by atoms with Crippen LogP contribution in [0, 0.1) is 0 Å². The SMILES string of the molecule is N[C@@H](C(=O)O)[C@@H]1OB(O)c2ccccc21. The van der Waals surface area contributed by atoms with Crippen LogP contribution >= 0.6 is 0 Å². The van der Waals surface area contributed by atoms with Crippen LogP contribution in [0.4, 0.5) is 0 Å². The highest BCUT2D eigenvalue weighted by atomic mass is 16.5. The second kappa shape index (κ2) is 3.65. The number of hydrogen-bond donors (Lipinski definition) is 3. The number of fused-ring (bicyclic) bond motifs is 1. The lowest BCUT2D eigenvalue weighted by Gasteiger charge is -2.16. The van der Waals surface area contributed by atoms with E-state index >= 15 is 0 Å².